The number of hydrogen-bond donors (Lipinski definition) is 0. The molecule has 4 aromatic heterocycles. The lowest BCUT2D eigenvalue weighted by molar-refractivity contribution is 0.186. The zero-order chi connectivity index (χ0) is 16.5. The second-order valence-electron chi connectivity index (χ2n) is 5.62. The Balaban J connectivity index is 2.09. The Bertz CT molecular complexity index is 975. The van der Waals surface area contributed by atoms with Crippen molar-refractivity contribution < 1.29 is 4.74 Å². The molecule has 4 aromatic rings. The van der Waals surface area contributed by atoms with Gasteiger partial charge in [0.2, 0.25) is 0 Å². The Hall–Kier alpha value is -2.50. The molecule has 0 amide bonds. The van der Waals surface area contributed by atoms with Gasteiger partial charge in [0.15, 0.2) is 0 Å². The topological polar surface area (TPSA) is 39.9 Å². The lowest BCUT2D eigenvalue weighted by atomic mass is 10.1. The van der Waals surface area contributed by atoms with E-state index in [1.54, 1.807) is 18.4 Å². The average Bonchev–Trinajstić information content (AvgIpc) is 3.22. The molecule has 0 unspecified atom stereocenters. The van der Waals surface area contributed by atoms with Gasteiger partial charge in [-0.2, -0.15) is 0 Å². The number of hydrogen-bond acceptors (Lipinski definition) is 4. The van der Waals surface area contributed by atoms with Crippen molar-refractivity contribution in [3.8, 4) is 16.3 Å². The Morgan fingerprint density at radius 3 is 2.71 bits per heavy atom. The molecule has 0 saturated heterocycles. The van der Waals surface area contributed by atoms with Gasteiger partial charge in [0.1, 0.15) is 4.83 Å². The van der Waals surface area contributed by atoms with E-state index in [0.29, 0.717) is 6.61 Å². The van der Waals surface area contributed by atoms with Crippen LogP contribution in [-0.4, -0.2) is 21.6 Å². The van der Waals surface area contributed by atoms with Crippen molar-refractivity contribution in [3.63, 3.8) is 0 Å². The summed E-state index contributed by atoms with van der Waals surface area (Å²) < 4.78 is 7.57. The van der Waals surface area contributed by atoms with Gasteiger partial charge in [0.25, 0.3) is 0 Å². The number of methoxy groups -OCH3 is 1. The number of fused-ring (bicyclic) bond motifs is 1. The maximum Gasteiger partial charge on any atom is 0.126 e. The second kappa shape index (κ2) is 6.19. The third-order valence-corrected chi connectivity index (χ3v) is 5.00. The van der Waals surface area contributed by atoms with Gasteiger partial charge < -0.3 is 9.30 Å². The van der Waals surface area contributed by atoms with Gasteiger partial charge in [-0.3, -0.25) is 4.98 Å². The normalized spacial score (nSPS) is 11.2. The highest BCUT2D eigenvalue weighted by Gasteiger charge is 2.20. The Morgan fingerprint density at radius 2 is 2.00 bits per heavy atom. The van der Waals surface area contributed by atoms with Crippen LogP contribution < -0.4 is 0 Å². The van der Waals surface area contributed by atoms with E-state index >= 15 is 0 Å². The van der Waals surface area contributed by atoms with Crippen molar-refractivity contribution in [2.45, 2.75) is 13.5 Å². The summed E-state index contributed by atoms with van der Waals surface area (Å²) in [6.45, 7) is 2.58. The monoisotopic (exact) mass is 335 g/mol. The van der Waals surface area contributed by atoms with E-state index in [2.05, 4.69) is 28.0 Å². The first kappa shape index (κ1) is 15.1. The average molecular weight is 335 g/mol. The van der Waals surface area contributed by atoms with Crippen LogP contribution in [0.1, 0.15) is 11.3 Å². The maximum absolute atomic E-state index is 5.43. The molecular weight excluding hydrogens is 318 g/mol. The number of aromatic nitrogens is 3. The lowest BCUT2D eigenvalue weighted by Gasteiger charge is -2.09. The Labute approximate surface area is 144 Å². The minimum absolute atomic E-state index is 0.562. The summed E-state index contributed by atoms with van der Waals surface area (Å²) in [5.74, 6) is 0. The SMILES string of the molecule is COCc1cc(C)nc2sc(-c3ccccn3)c(-n3cccc3)c12. The molecule has 0 aromatic carbocycles. The number of rotatable bonds is 4. The lowest BCUT2D eigenvalue weighted by Crippen LogP contribution is -1.97. The van der Waals surface area contributed by atoms with Crippen molar-refractivity contribution in [1.82, 2.24) is 14.5 Å². The molecular formula is C19H17N3OS. The van der Waals surface area contributed by atoms with E-state index in [0.717, 1.165) is 37.7 Å². The van der Waals surface area contributed by atoms with Gasteiger partial charge in [0.05, 0.1) is 22.9 Å². The van der Waals surface area contributed by atoms with Crippen LogP contribution in [0.5, 0.6) is 0 Å². The molecule has 4 heterocycles. The number of ether oxygens (including phenoxy) is 1. The van der Waals surface area contributed by atoms with E-state index in [9.17, 15) is 0 Å². The molecule has 0 aliphatic heterocycles. The molecule has 5 heteroatoms. The largest absolute Gasteiger partial charge is 0.380 e. The summed E-state index contributed by atoms with van der Waals surface area (Å²) in [5.41, 5.74) is 4.24. The van der Waals surface area contributed by atoms with Crippen LogP contribution in [0.4, 0.5) is 0 Å². The van der Waals surface area contributed by atoms with Crippen LogP contribution in [0, 0.1) is 6.92 Å². The summed E-state index contributed by atoms with van der Waals surface area (Å²) in [6.07, 6.45) is 5.95. The van der Waals surface area contributed by atoms with Crippen LogP contribution in [0.25, 0.3) is 26.5 Å². The van der Waals surface area contributed by atoms with Crippen molar-refractivity contribution in [1.29, 1.82) is 0 Å². The summed E-state index contributed by atoms with van der Waals surface area (Å²) in [4.78, 5) is 11.5. The van der Waals surface area contributed by atoms with Crippen LogP contribution in [0.2, 0.25) is 0 Å². The van der Waals surface area contributed by atoms with E-state index in [-0.39, 0.29) is 0 Å². The molecule has 0 fully saturated rings. The van der Waals surface area contributed by atoms with Gasteiger partial charge in [-0.15, -0.1) is 11.3 Å². The third kappa shape index (κ3) is 2.52. The Kier molecular flexibility index (Phi) is 3.88. The Morgan fingerprint density at radius 1 is 1.17 bits per heavy atom. The molecule has 0 spiro atoms. The highest BCUT2D eigenvalue weighted by atomic mass is 32.1. The fourth-order valence-electron chi connectivity index (χ4n) is 2.97. The zero-order valence-electron chi connectivity index (χ0n) is 13.6. The van der Waals surface area contributed by atoms with Gasteiger partial charge in [0, 0.05) is 36.8 Å². The summed E-state index contributed by atoms with van der Waals surface area (Å²) in [7, 11) is 1.73. The number of aryl methyl sites for hydroxylation is 1. The highest BCUT2D eigenvalue weighted by molar-refractivity contribution is 7.22. The van der Waals surface area contributed by atoms with Crippen LogP contribution in [0.3, 0.4) is 0 Å². The summed E-state index contributed by atoms with van der Waals surface area (Å²) >= 11 is 1.68. The third-order valence-electron chi connectivity index (χ3n) is 3.91. The maximum atomic E-state index is 5.43. The van der Waals surface area contributed by atoms with Crippen molar-refractivity contribution in [2.24, 2.45) is 0 Å². The molecule has 0 bridgehead atoms. The standard InChI is InChI=1S/C19H17N3OS/c1-13-11-14(12-23-2)16-17(22-9-5-6-10-22)18(24-19(16)21-13)15-7-3-4-8-20-15/h3-11H,12H2,1-2H3. The molecule has 120 valence electrons. The highest BCUT2D eigenvalue weighted by Crippen LogP contribution is 2.41. The molecule has 0 N–H and O–H groups in total. The fourth-order valence-corrected chi connectivity index (χ4v) is 4.21. The quantitative estimate of drug-likeness (QED) is 0.547. The van der Waals surface area contributed by atoms with Crippen LogP contribution in [0.15, 0.2) is 55.0 Å². The van der Waals surface area contributed by atoms with Gasteiger partial charge in [-0.1, -0.05) is 6.07 Å². The second-order valence-corrected chi connectivity index (χ2v) is 6.62. The first-order valence-corrected chi connectivity index (χ1v) is 8.56. The van der Waals surface area contributed by atoms with E-state index in [4.69, 9.17) is 9.72 Å². The number of nitrogens with zero attached hydrogens (tertiary/aromatic N) is 3. The molecule has 0 aliphatic carbocycles. The van der Waals surface area contributed by atoms with E-state index in [1.807, 2.05) is 43.5 Å². The van der Waals surface area contributed by atoms with E-state index in [1.165, 1.54) is 0 Å². The van der Waals surface area contributed by atoms with E-state index < -0.39 is 0 Å². The molecule has 0 aliphatic rings. The summed E-state index contributed by atoms with van der Waals surface area (Å²) in [5, 5.41) is 1.14. The van der Waals surface area contributed by atoms with Gasteiger partial charge >= 0.3 is 0 Å². The van der Waals surface area contributed by atoms with Crippen molar-refractivity contribution >= 4 is 21.6 Å². The number of pyridine rings is 2. The zero-order valence-corrected chi connectivity index (χ0v) is 14.4. The molecule has 4 nitrogen and oxygen atoms in total. The molecule has 24 heavy (non-hydrogen) atoms. The van der Waals surface area contributed by atoms with Crippen LogP contribution >= 0.6 is 11.3 Å². The molecule has 4 rings (SSSR count). The first-order chi connectivity index (χ1) is 11.8. The minimum atomic E-state index is 0.562. The van der Waals surface area contributed by atoms with Gasteiger partial charge in [-0.25, -0.2) is 4.98 Å². The minimum Gasteiger partial charge on any atom is -0.380 e. The summed E-state index contributed by atoms with van der Waals surface area (Å²) in [6, 6.07) is 12.2. The molecule has 0 radical (unpaired) electrons. The molecule has 0 saturated carbocycles. The van der Waals surface area contributed by atoms with Gasteiger partial charge in [-0.05, 0) is 42.8 Å². The fraction of sp³-hybridized carbons (Fsp3) is 0.158. The van der Waals surface area contributed by atoms with Crippen molar-refractivity contribution in [3.05, 3.63) is 66.2 Å². The molecule has 0 atom stereocenters. The predicted molar refractivity (Wildman–Crippen MR) is 97.6 cm³/mol. The van der Waals surface area contributed by atoms with Crippen LogP contribution in [-0.2, 0) is 11.3 Å². The first-order valence-electron chi connectivity index (χ1n) is 7.74. The smallest absolute Gasteiger partial charge is 0.126 e. The van der Waals surface area contributed by atoms with Crippen molar-refractivity contribution in [2.75, 3.05) is 7.11 Å². The number of thiophene rings is 1. The predicted octanol–water partition coefficient (Wildman–Crippen LogP) is 4.60.